The first kappa shape index (κ1) is 26.4. The zero-order valence-electron chi connectivity index (χ0n) is 18.9. The molecular weight excluding hydrogens is 416 g/mol. The number of rotatable bonds is 4. The molecule has 1 N–H and O–H groups in total. The van der Waals surface area contributed by atoms with Gasteiger partial charge in [-0.25, -0.2) is 5.43 Å². The number of fused-ring (bicyclic) bond motifs is 1. The van der Waals surface area contributed by atoms with Crippen LogP contribution in [0.4, 0.5) is 0 Å². The number of furan rings is 1. The third-order valence-corrected chi connectivity index (χ3v) is 4.18. The number of methoxy groups -OCH3 is 2. The Morgan fingerprint density at radius 2 is 1.64 bits per heavy atom. The van der Waals surface area contributed by atoms with Gasteiger partial charge in [0.05, 0.1) is 26.2 Å². The Hall–Kier alpha value is -4.60. The van der Waals surface area contributed by atoms with Crippen LogP contribution < -0.4 is 14.9 Å². The van der Waals surface area contributed by atoms with E-state index in [9.17, 15) is 4.79 Å². The molecule has 1 amide bonds. The van der Waals surface area contributed by atoms with E-state index in [0.717, 1.165) is 36.1 Å². The van der Waals surface area contributed by atoms with E-state index in [-0.39, 0.29) is 11.7 Å². The predicted molar refractivity (Wildman–Crippen MR) is 129 cm³/mol. The summed E-state index contributed by atoms with van der Waals surface area (Å²) in [7, 11) is 3.22. The fourth-order valence-electron chi connectivity index (χ4n) is 2.76. The Morgan fingerprint density at radius 1 is 1.00 bits per heavy atom. The summed E-state index contributed by atoms with van der Waals surface area (Å²) >= 11 is 0. The number of amides is 1. The summed E-state index contributed by atoms with van der Waals surface area (Å²) in [6.07, 6.45) is 4.16. The Kier molecular flexibility index (Phi) is 12.2. The molecule has 0 saturated carbocycles. The molecule has 1 aliphatic carbocycles. The van der Waals surface area contributed by atoms with Crippen molar-refractivity contribution in [2.45, 2.75) is 19.3 Å². The number of hydrogen-bond acceptors (Lipinski definition) is 5. The van der Waals surface area contributed by atoms with Crippen LogP contribution in [0.3, 0.4) is 0 Å². The molecule has 0 fully saturated rings. The predicted octanol–water partition coefficient (Wildman–Crippen LogP) is 5.30. The van der Waals surface area contributed by atoms with Crippen LogP contribution in [0.1, 0.15) is 34.5 Å². The van der Waals surface area contributed by atoms with Gasteiger partial charge in [0.15, 0.2) is 17.3 Å². The quantitative estimate of drug-likeness (QED) is 0.515. The lowest BCUT2D eigenvalue weighted by Gasteiger charge is -2.20. The van der Waals surface area contributed by atoms with E-state index in [0.29, 0.717) is 11.5 Å². The number of carbonyl (C=O) groups excluding carboxylic acids is 1. The summed E-state index contributed by atoms with van der Waals surface area (Å²) in [4.78, 5) is 11.9. The van der Waals surface area contributed by atoms with Gasteiger partial charge in [-0.1, -0.05) is 22.9 Å². The summed E-state index contributed by atoms with van der Waals surface area (Å²) in [6.45, 7) is 12.8. The van der Waals surface area contributed by atoms with Gasteiger partial charge in [-0.3, -0.25) is 4.79 Å². The number of carbonyl (C=O) groups is 1. The third kappa shape index (κ3) is 8.58. The van der Waals surface area contributed by atoms with Crippen molar-refractivity contribution in [3.05, 3.63) is 108 Å². The minimum Gasteiger partial charge on any atom is -0.493 e. The van der Waals surface area contributed by atoms with Crippen molar-refractivity contribution in [3.8, 4) is 11.5 Å². The van der Waals surface area contributed by atoms with E-state index in [4.69, 9.17) is 13.9 Å². The van der Waals surface area contributed by atoms with E-state index in [2.05, 4.69) is 71.2 Å². The number of hydrazone groups is 1. The molecule has 0 aliphatic heterocycles. The Balaban J connectivity index is 0.000000460. The molecule has 0 bridgehead atoms. The monoisotopic (exact) mass is 442 g/mol. The van der Waals surface area contributed by atoms with E-state index in [1.807, 2.05) is 12.1 Å². The van der Waals surface area contributed by atoms with Gasteiger partial charge < -0.3 is 13.9 Å². The molecule has 33 heavy (non-hydrogen) atoms. The molecule has 1 heterocycles. The highest BCUT2D eigenvalue weighted by molar-refractivity contribution is 6.04. The zero-order valence-corrected chi connectivity index (χ0v) is 18.9. The third-order valence-electron chi connectivity index (χ3n) is 4.18. The van der Waals surface area contributed by atoms with Crippen LogP contribution in [0, 0.1) is 0 Å². The maximum Gasteiger partial charge on any atom is 0.307 e. The average molecular weight is 443 g/mol. The second kappa shape index (κ2) is 15.2. The average Bonchev–Trinajstić information content (AvgIpc) is 3.40. The summed E-state index contributed by atoms with van der Waals surface area (Å²) in [5.41, 5.74) is 19.7. The largest absolute Gasteiger partial charge is 0.493 e. The molecule has 168 valence electrons. The van der Waals surface area contributed by atoms with Crippen molar-refractivity contribution in [1.82, 2.24) is 5.43 Å². The van der Waals surface area contributed by atoms with Crippen molar-refractivity contribution in [2.75, 3.05) is 14.2 Å². The van der Waals surface area contributed by atoms with Gasteiger partial charge in [0, 0.05) is 5.56 Å². The Labute approximate surface area is 194 Å². The van der Waals surface area contributed by atoms with Crippen molar-refractivity contribution in [2.24, 2.45) is 5.10 Å². The maximum absolute atomic E-state index is 11.9. The molecule has 0 spiro atoms. The highest BCUT2D eigenvalue weighted by Gasteiger charge is 2.20. The van der Waals surface area contributed by atoms with Crippen LogP contribution >= 0.6 is 0 Å². The van der Waals surface area contributed by atoms with Crippen molar-refractivity contribution in [1.29, 1.82) is 0 Å². The van der Waals surface area contributed by atoms with Crippen molar-refractivity contribution >= 4 is 11.6 Å². The number of benzene rings is 1. The van der Waals surface area contributed by atoms with E-state index < -0.39 is 0 Å². The second-order valence-electron chi connectivity index (χ2n) is 6.15. The molecule has 0 saturated heterocycles. The van der Waals surface area contributed by atoms with Gasteiger partial charge >= 0.3 is 5.91 Å². The van der Waals surface area contributed by atoms with Gasteiger partial charge in [0.25, 0.3) is 0 Å². The second-order valence-corrected chi connectivity index (χ2v) is 6.15. The normalized spacial score (nSPS) is 11.5. The van der Waals surface area contributed by atoms with E-state index >= 15 is 0 Å². The minimum absolute atomic E-state index is 0.234. The molecule has 0 unspecified atom stereocenters. The van der Waals surface area contributed by atoms with Gasteiger partial charge in [-0.15, -0.1) is 0 Å². The van der Waals surface area contributed by atoms with Crippen LogP contribution in [-0.4, -0.2) is 25.8 Å². The van der Waals surface area contributed by atoms with Gasteiger partial charge in [-0.05, 0) is 86.9 Å². The van der Waals surface area contributed by atoms with Crippen LogP contribution in [0.2, 0.25) is 0 Å². The molecule has 2 aromatic rings. The molecule has 1 aromatic carbocycles. The molecule has 1 aliphatic rings. The van der Waals surface area contributed by atoms with Crippen LogP contribution in [0.5, 0.6) is 11.5 Å². The van der Waals surface area contributed by atoms with E-state index in [1.54, 1.807) is 26.4 Å². The summed E-state index contributed by atoms with van der Waals surface area (Å²) in [5.74, 6) is 1.22. The van der Waals surface area contributed by atoms with Crippen molar-refractivity contribution < 1.29 is 18.7 Å². The topological polar surface area (TPSA) is 73.1 Å². The summed E-state index contributed by atoms with van der Waals surface area (Å²) in [5, 5.41) is 4.27. The van der Waals surface area contributed by atoms with Gasteiger partial charge in [0.2, 0.25) is 0 Å². The number of aryl methyl sites for hydroxylation is 1. The number of nitrogens with one attached hydrogen (secondary N) is 1. The van der Waals surface area contributed by atoms with Gasteiger partial charge in [0.1, 0.15) is 0 Å². The molecule has 1 aromatic heterocycles. The van der Waals surface area contributed by atoms with Crippen LogP contribution in [0.25, 0.3) is 0 Å². The van der Waals surface area contributed by atoms with Crippen LogP contribution in [0.15, 0.2) is 101 Å². The lowest BCUT2D eigenvalue weighted by atomic mass is 9.89. The highest BCUT2D eigenvalue weighted by Crippen LogP contribution is 2.34. The molecular formula is C27H26N2O4. The zero-order chi connectivity index (χ0) is 24.5. The molecule has 6 heteroatoms. The smallest absolute Gasteiger partial charge is 0.307 e. The molecule has 0 radical (unpaired) electrons. The number of nitrogens with zero attached hydrogens (tertiary/aromatic N) is 1. The fourth-order valence-corrected chi connectivity index (χ4v) is 2.76. The first-order valence-electron chi connectivity index (χ1n) is 9.80. The molecule has 3 rings (SSSR count). The van der Waals surface area contributed by atoms with E-state index in [1.165, 1.54) is 6.26 Å². The first-order chi connectivity index (χ1) is 16.1. The lowest BCUT2D eigenvalue weighted by molar-refractivity contribution is 0.0927. The fraction of sp³-hybridized carbons (Fsp3) is 0.185. The standard InChI is InChI=1S/C17H18N2O4.C6H4.C4H4/c1-21-15-9-11-5-3-6-13(12(11)10-16(15)22-2)18-19-17(20)14-7-4-8-23-14;1-3-5-6-4-2;1-3-4-2/h4,7-10H,3,5-6H2,1-2H3,(H,19,20);1-2H2;1-2H2/b18-13+;;. The summed E-state index contributed by atoms with van der Waals surface area (Å²) < 4.78 is 15.7. The number of hydrogen-bond donors (Lipinski definition) is 1. The van der Waals surface area contributed by atoms with Gasteiger partial charge in [-0.2, -0.15) is 5.10 Å². The maximum atomic E-state index is 11.9. The van der Waals surface area contributed by atoms with Crippen LogP contribution in [-0.2, 0) is 6.42 Å². The minimum atomic E-state index is -0.366. The van der Waals surface area contributed by atoms with Crippen molar-refractivity contribution in [3.63, 3.8) is 0 Å². The number of ether oxygens (including phenoxy) is 2. The highest BCUT2D eigenvalue weighted by atomic mass is 16.5. The summed E-state index contributed by atoms with van der Waals surface area (Å²) in [6, 6.07) is 7.13. The Morgan fingerprint density at radius 3 is 2.15 bits per heavy atom. The Bertz CT molecular complexity index is 1160. The first-order valence-corrected chi connectivity index (χ1v) is 9.80. The molecule has 6 nitrogen and oxygen atoms in total. The SMILES string of the molecule is C=C=C=C.C=C=C=C=C=C.COc1cc2c(cc1OC)/C(=N/NC(=O)c1ccco1)CCC2. The lowest BCUT2D eigenvalue weighted by Crippen LogP contribution is -2.22. The molecule has 0 atom stereocenters.